The predicted octanol–water partition coefficient (Wildman–Crippen LogP) is 1.38. The van der Waals surface area contributed by atoms with E-state index in [-0.39, 0.29) is 17.7 Å². The smallest absolute Gasteiger partial charge is 0.250 e. The summed E-state index contributed by atoms with van der Waals surface area (Å²) in [5.74, 6) is 0.161. The summed E-state index contributed by atoms with van der Waals surface area (Å²) < 4.78 is 5.38. The molecule has 2 N–H and O–H groups in total. The van der Waals surface area contributed by atoms with E-state index in [1.807, 2.05) is 36.1 Å². The highest BCUT2D eigenvalue weighted by atomic mass is 16.5. The third kappa shape index (κ3) is 3.66. The molecule has 0 radical (unpaired) electrons. The number of benzene rings is 1. The Hall–Kier alpha value is -2.12. The molecule has 1 aromatic rings. The number of carbonyl (C=O) groups excluding carboxylic acids is 2. The summed E-state index contributed by atoms with van der Waals surface area (Å²) in [5, 5.41) is 6.46. The lowest BCUT2D eigenvalue weighted by atomic mass is 9.84. The van der Waals surface area contributed by atoms with Gasteiger partial charge in [-0.3, -0.25) is 14.5 Å². The average molecular weight is 372 g/mol. The van der Waals surface area contributed by atoms with E-state index in [0.29, 0.717) is 25.9 Å². The van der Waals surface area contributed by atoms with E-state index < -0.39 is 5.54 Å². The lowest BCUT2D eigenvalue weighted by molar-refractivity contribution is -0.139. The molecule has 1 spiro atoms. The van der Waals surface area contributed by atoms with Crippen molar-refractivity contribution in [1.82, 2.24) is 9.80 Å². The SMILES string of the molecule is C[C@@H](CN1CCOCC1)C(=O)N1CCC2(CC1)Nc1ccccc1NC2=O. The van der Waals surface area contributed by atoms with Crippen LogP contribution in [0.4, 0.5) is 11.4 Å². The zero-order valence-electron chi connectivity index (χ0n) is 15.9. The van der Waals surface area contributed by atoms with Crippen LogP contribution < -0.4 is 10.6 Å². The third-order valence-corrected chi connectivity index (χ3v) is 5.97. The van der Waals surface area contributed by atoms with Crippen LogP contribution in [-0.2, 0) is 14.3 Å². The Balaban J connectivity index is 1.35. The fourth-order valence-electron chi connectivity index (χ4n) is 4.28. The van der Waals surface area contributed by atoms with E-state index in [2.05, 4.69) is 15.5 Å². The van der Waals surface area contributed by atoms with E-state index >= 15 is 0 Å². The molecule has 3 heterocycles. The Labute approximate surface area is 160 Å². The van der Waals surface area contributed by atoms with Gasteiger partial charge in [-0.05, 0) is 25.0 Å². The molecule has 0 aromatic heterocycles. The number of carbonyl (C=O) groups is 2. The molecule has 1 atom stereocenters. The van der Waals surface area contributed by atoms with Gasteiger partial charge in [-0.2, -0.15) is 0 Å². The molecule has 2 fully saturated rings. The molecule has 0 unspecified atom stereocenters. The number of likely N-dealkylation sites (tertiary alicyclic amines) is 1. The summed E-state index contributed by atoms with van der Waals surface area (Å²) in [7, 11) is 0. The van der Waals surface area contributed by atoms with Gasteiger partial charge in [0.15, 0.2) is 0 Å². The second kappa shape index (κ2) is 7.48. The molecule has 1 aromatic carbocycles. The molecular formula is C20H28N4O3. The van der Waals surface area contributed by atoms with Crippen molar-refractivity contribution in [3.63, 3.8) is 0 Å². The Morgan fingerprint density at radius 3 is 2.52 bits per heavy atom. The van der Waals surface area contributed by atoms with Crippen molar-refractivity contribution in [3.05, 3.63) is 24.3 Å². The van der Waals surface area contributed by atoms with Gasteiger partial charge in [0.1, 0.15) is 5.54 Å². The first-order chi connectivity index (χ1) is 13.1. The minimum Gasteiger partial charge on any atom is -0.379 e. The van der Waals surface area contributed by atoms with Gasteiger partial charge in [-0.1, -0.05) is 19.1 Å². The molecule has 0 saturated carbocycles. The number of fused-ring (bicyclic) bond motifs is 1. The first-order valence-electron chi connectivity index (χ1n) is 9.85. The van der Waals surface area contributed by atoms with Crippen LogP contribution in [0.15, 0.2) is 24.3 Å². The van der Waals surface area contributed by atoms with Crippen LogP contribution in [-0.4, -0.2) is 73.1 Å². The van der Waals surface area contributed by atoms with Gasteiger partial charge in [0.05, 0.1) is 24.6 Å². The second-order valence-corrected chi connectivity index (χ2v) is 7.85. The van der Waals surface area contributed by atoms with E-state index in [4.69, 9.17) is 4.74 Å². The van der Waals surface area contributed by atoms with Crippen LogP contribution in [0.3, 0.4) is 0 Å². The number of piperidine rings is 1. The fourth-order valence-corrected chi connectivity index (χ4v) is 4.28. The number of para-hydroxylation sites is 2. The number of anilines is 2. The Morgan fingerprint density at radius 1 is 1.15 bits per heavy atom. The lowest BCUT2D eigenvalue weighted by Gasteiger charge is -2.45. The van der Waals surface area contributed by atoms with Gasteiger partial charge in [0.25, 0.3) is 0 Å². The van der Waals surface area contributed by atoms with Crippen LogP contribution in [0.1, 0.15) is 19.8 Å². The zero-order valence-corrected chi connectivity index (χ0v) is 15.9. The largest absolute Gasteiger partial charge is 0.379 e. The summed E-state index contributed by atoms with van der Waals surface area (Å²) in [6, 6.07) is 7.76. The Bertz CT molecular complexity index is 709. The van der Waals surface area contributed by atoms with Crippen LogP contribution in [0.25, 0.3) is 0 Å². The van der Waals surface area contributed by atoms with Crippen molar-refractivity contribution in [2.45, 2.75) is 25.3 Å². The Kier molecular flexibility index (Phi) is 5.06. The molecule has 3 aliphatic heterocycles. The van der Waals surface area contributed by atoms with Gasteiger partial charge in [-0.15, -0.1) is 0 Å². The van der Waals surface area contributed by atoms with E-state index in [1.54, 1.807) is 0 Å². The van der Waals surface area contributed by atoms with E-state index in [9.17, 15) is 9.59 Å². The van der Waals surface area contributed by atoms with Crippen molar-refractivity contribution < 1.29 is 14.3 Å². The van der Waals surface area contributed by atoms with Crippen LogP contribution in [0.5, 0.6) is 0 Å². The number of ether oxygens (including phenoxy) is 1. The first kappa shape index (κ1) is 18.3. The maximum Gasteiger partial charge on any atom is 0.250 e. The molecule has 2 saturated heterocycles. The molecule has 7 heteroatoms. The highest BCUT2D eigenvalue weighted by Crippen LogP contribution is 2.36. The van der Waals surface area contributed by atoms with Crippen molar-refractivity contribution in [2.24, 2.45) is 5.92 Å². The summed E-state index contributed by atoms with van der Waals surface area (Å²) in [6.45, 7) is 7.27. The lowest BCUT2D eigenvalue weighted by Crippen LogP contribution is -2.59. The molecule has 0 aliphatic carbocycles. The number of hydrogen-bond donors (Lipinski definition) is 2. The van der Waals surface area contributed by atoms with Crippen molar-refractivity contribution in [1.29, 1.82) is 0 Å². The summed E-state index contributed by atoms with van der Waals surface area (Å²) in [6.07, 6.45) is 1.26. The van der Waals surface area contributed by atoms with Crippen LogP contribution in [0.2, 0.25) is 0 Å². The van der Waals surface area contributed by atoms with E-state index in [1.165, 1.54) is 0 Å². The number of amides is 2. The molecule has 146 valence electrons. The minimum atomic E-state index is -0.613. The first-order valence-corrected chi connectivity index (χ1v) is 9.85. The molecular weight excluding hydrogens is 344 g/mol. The van der Waals surface area contributed by atoms with Gasteiger partial charge in [-0.25, -0.2) is 0 Å². The van der Waals surface area contributed by atoms with Crippen LogP contribution in [0, 0.1) is 5.92 Å². The standard InChI is InChI=1S/C20H28N4O3/c1-15(14-23-10-12-27-13-11-23)18(25)24-8-6-20(7-9-24)19(26)21-16-4-2-3-5-17(16)22-20/h2-5,15,22H,6-14H2,1H3,(H,21,26)/t15-/m0/s1. The molecule has 3 aliphatic rings. The highest BCUT2D eigenvalue weighted by Gasteiger charge is 2.45. The Morgan fingerprint density at radius 2 is 1.81 bits per heavy atom. The van der Waals surface area contributed by atoms with E-state index in [0.717, 1.165) is 44.2 Å². The molecule has 2 amide bonds. The van der Waals surface area contributed by atoms with Crippen molar-refractivity contribution in [3.8, 4) is 0 Å². The number of rotatable bonds is 3. The van der Waals surface area contributed by atoms with Gasteiger partial charge in [0, 0.05) is 38.6 Å². The number of nitrogens with one attached hydrogen (secondary N) is 2. The molecule has 4 rings (SSSR count). The maximum atomic E-state index is 12.9. The van der Waals surface area contributed by atoms with Crippen molar-refractivity contribution >= 4 is 23.2 Å². The van der Waals surface area contributed by atoms with Crippen molar-refractivity contribution in [2.75, 3.05) is 56.6 Å². The maximum absolute atomic E-state index is 12.9. The quantitative estimate of drug-likeness (QED) is 0.839. The fraction of sp³-hybridized carbons (Fsp3) is 0.600. The zero-order chi connectivity index (χ0) is 18.9. The summed E-state index contributed by atoms with van der Waals surface area (Å²) in [5.41, 5.74) is 1.17. The number of hydrogen-bond acceptors (Lipinski definition) is 5. The molecule has 27 heavy (non-hydrogen) atoms. The monoisotopic (exact) mass is 372 g/mol. The number of morpholine rings is 1. The normalized spacial score (nSPS) is 23.3. The average Bonchev–Trinajstić information content (AvgIpc) is 2.70. The molecule has 7 nitrogen and oxygen atoms in total. The topological polar surface area (TPSA) is 73.9 Å². The van der Waals surface area contributed by atoms with Gasteiger partial charge >= 0.3 is 0 Å². The van der Waals surface area contributed by atoms with Gasteiger partial charge in [0.2, 0.25) is 11.8 Å². The third-order valence-electron chi connectivity index (χ3n) is 5.97. The number of nitrogens with zero attached hydrogens (tertiary/aromatic N) is 2. The minimum absolute atomic E-state index is 0.00895. The highest BCUT2D eigenvalue weighted by molar-refractivity contribution is 6.06. The molecule has 0 bridgehead atoms. The van der Waals surface area contributed by atoms with Crippen LogP contribution >= 0.6 is 0 Å². The predicted molar refractivity (Wildman–Crippen MR) is 104 cm³/mol. The second-order valence-electron chi connectivity index (χ2n) is 7.85. The summed E-state index contributed by atoms with van der Waals surface area (Å²) in [4.78, 5) is 29.8. The summed E-state index contributed by atoms with van der Waals surface area (Å²) >= 11 is 0. The van der Waals surface area contributed by atoms with Gasteiger partial charge < -0.3 is 20.3 Å².